The summed E-state index contributed by atoms with van der Waals surface area (Å²) in [7, 11) is 1.83. The first-order valence-electron chi connectivity index (χ1n) is 10.9. The Hall–Kier alpha value is -3.37. The van der Waals surface area contributed by atoms with Crippen LogP contribution in [0.25, 0.3) is 11.4 Å². The highest BCUT2D eigenvalue weighted by Gasteiger charge is 2.28. The van der Waals surface area contributed by atoms with Crippen molar-refractivity contribution in [2.24, 2.45) is 13.0 Å². The van der Waals surface area contributed by atoms with E-state index in [9.17, 15) is 9.90 Å². The first-order chi connectivity index (χ1) is 15.3. The molecule has 0 aromatic carbocycles. The molecule has 4 rings (SSSR count). The van der Waals surface area contributed by atoms with Gasteiger partial charge >= 0.3 is 5.97 Å². The average molecular weight is 441 g/mol. The summed E-state index contributed by atoms with van der Waals surface area (Å²) < 4.78 is 9.58. The molecule has 1 aliphatic carbocycles. The predicted molar refractivity (Wildman–Crippen MR) is 114 cm³/mol. The van der Waals surface area contributed by atoms with Crippen LogP contribution < -0.4 is 4.74 Å². The van der Waals surface area contributed by atoms with Gasteiger partial charge in [0.25, 0.3) is 0 Å². The van der Waals surface area contributed by atoms with E-state index in [0.717, 1.165) is 30.1 Å². The number of aromatic nitrogens is 8. The van der Waals surface area contributed by atoms with Crippen molar-refractivity contribution in [3.05, 3.63) is 29.3 Å². The number of tetrazole rings is 1. The van der Waals surface area contributed by atoms with Crippen LogP contribution in [0.4, 0.5) is 0 Å². The van der Waals surface area contributed by atoms with Crippen molar-refractivity contribution in [3.63, 3.8) is 0 Å². The predicted octanol–water partition coefficient (Wildman–Crippen LogP) is 2.37. The number of carboxylic acid groups (broad SMARTS) is 1. The minimum atomic E-state index is -0.748. The van der Waals surface area contributed by atoms with Gasteiger partial charge in [-0.3, -0.25) is 4.79 Å². The molecule has 1 N–H and O–H groups in total. The molecule has 1 saturated carbocycles. The summed E-state index contributed by atoms with van der Waals surface area (Å²) >= 11 is 0. The van der Waals surface area contributed by atoms with Gasteiger partial charge in [0.2, 0.25) is 0 Å². The van der Waals surface area contributed by atoms with Crippen LogP contribution in [0.5, 0.6) is 5.75 Å². The van der Waals surface area contributed by atoms with Crippen molar-refractivity contribution in [1.82, 2.24) is 40.2 Å². The van der Waals surface area contributed by atoms with Gasteiger partial charge in [-0.2, -0.15) is 0 Å². The molecular formula is C21H28N8O3. The molecule has 3 heterocycles. The van der Waals surface area contributed by atoms with E-state index in [1.807, 2.05) is 40.0 Å². The summed E-state index contributed by atoms with van der Waals surface area (Å²) in [5.41, 5.74) is 2.92. The molecule has 0 bridgehead atoms. The van der Waals surface area contributed by atoms with Crippen LogP contribution in [0.15, 0.2) is 12.1 Å². The maximum atomic E-state index is 11.3. The standard InChI is InChI=1S/C21H28N8O3/c1-12(2)20-24-25-27-29(20)11-17-19(23-26-28(17)4)16-8-9-18(13(3)22-16)32-15-7-5-6-14(10-15)21(30)31/h8-9,12,14-15H,5-7,10-11H2,1-4H3,(H,30,31)/t14-,15-/m0/s1. The Labute approximate surface area is 185 Å². The Morgan fingerprint density at radius 3 is 2.78 bits per heavy atom. The highest BCUT2D eigenvalue weighted by Crippen LogP contribution is 2.30. The largest absolute Gasteiger partial charge is 0.489 e. The van der Waals surface area contributed by atoms with Gasteiger partial charge in [0.15, 0.2) is 5.82 Å². The van der Waals surface area contributed by atoms with E-state index in [1.54, 1.807) is 9.36 Å². The number of ether oxygens (including phenoxy) is 1. The van der Waals surface area contributed by atoms with Crippen LogP contribution in [-0.2, 0) is 18.4 Å². The van der Waals surface area contributed by atoms with Crippen molar-refractivity contribution >= 4 is 5.97 Å². The van der Waals surface area contributed by atoms with Gasteiger partial charge in [0.05, 0.1) is 35.6 Å². The molecule has 1 aliphatic rings. The number of pyridine rings is 1. The van der Waals surface area contributed by atoms with Gasteiger partial charge in [0.1, 0.15) is 11.4 Å². The van der Waals surface area contributed by atoms with Crippen molar-refractivity contribution < 1.29 is 14.6 Å². The number of nitrogens with zero attached hydrogens (tertiary/aromatic N) is 8. The fraction of sp³-hybridized carbons (Fsp3) is 0.571. The number of aliphatic carboxylic acids is 1. The molecule has 32 heavy (non-hydrogen) atoms. The number of carboxylic acids is 1. The van der Waals surface area contributed by atoms with Crippen LogP contribution >= 0.6 is 0 Å². The first-order valence-corrected chi connectivity index (χ1v) is 10.9. The highest BCUT2D eigenvalue weighted by atomic mass is 16.5. The second-order valence-electron chi connectivity index (χ2n) is 8.58. The molecule has 11 nitrogen and oxygen atoms in total. The zero-order valence-corrected chi connectivity index (χ0v) is 18.8. The van der Waals surface area contributed by atoms with Crippen LogP contribution in [-0.4, -0.2) is 57.4 Å². The molecule has 0 aliphatic heterocycles. The molecule has 0 radical (unpaired) electrons. The lowest BCUT2D eigenvalue weighted by Gasteiger charge is -2.27. The molecule has 0 amide bonds. The van der Waals surface area contributed by atoms with Gasteiger partial charge in [-0.1, -0.05) is 19.1 Å². The Kier molecular flexibility index (Phi) is 6.15. The average Bonchev–Trinajstić information content (AvgIpc) is 3.37. The van der Waals surface area contributed by atoms with Crippen LogP contribution in [0.2, 0.25) is 0 Å². The third kappa shape index (κ3) is 4.46. The fourth-order valence-corrected chi connectivity index (χ4v) is 4.09. The van der Waals surface area contributed by atoms with Gasteiger partial charge in [-0.05, 0) is 55.2 Å². The SMILES string of the molecule is Cc1nc(-c2nnn(C)c2Cn2nnnc2C(C)C)ccc1O[C@H]1CCC[C@H](C(=O)O)C1. The zero-order valence-electron chi connectivity index (χ0n) is 18.8. The maximum Gasteiger partial charge on any atom is 0.306 e. The molecule has 2 atom stereocenters. The first kappa shape index (κ1) is 21.8. The smallest absolute Gasteiger partial charge is 0.306 e. The molecule has 3 aromatic rings. The third-order valence-electron chi connectivity index (χ3n) is 5.87. The Morgan fingerprint density at radius 1 is 1.25 bits per heavy atom. The van der Waals surface area contributed by atoms with Gasteiger partial charge < -0.3 is 9.84 Å². The number of carbonyl (C=O) groups is 1. The van der Waals surface area contributed by atoms with E-state index in [0.29, 0.717) is 36.5 Å². The van der Waals surface area contributed by atoms with E-state index in [1.165, 1.54) is 0 Å². The fourth-order valence-electron chi connectivity index (χ4n) is 4.09. The number of hydrogen-bond donors (Lipinski definition) is 1. The molecule has 3 aromatic heterocycles. The minimum absolute atomic E-state index is 0.113. The minimum Gasteiger partial charge on any atom is -0.489 e. The van der Waals surface area contributed by atoms with E-state index >= 15 is 0 Å². The van der Waals surface area contributed by atoms with Crippen molar-refractivity contribution in [2.75, 3.05) is 0 Å². The van der Waals surface area contributed by atoms with Crippen LogP contribution in [0.1, 0.15) is 62.7 Å². The normalized spacial score (nSPS) is 18.8. The van der Waals surface area contributed by atoms with Gasteiger partial charge in [0, 0.05) is 13.0 Å². The second kappa shape index (κ2) is 9.01. The van der Waals surface area contributed by atoms with E-state index in [4.69, 9.17) is 9.72 Å². The van der Waals surface area contributed by atoms with Gasteiger partial charge in [-0.15, -0.1) is 10.2 Å². The van der Waals surface area contributed by atoms with Crippen LogP contribution in [0.3, 0.4) is 0 Å². The molecule has 1 fully saturated rings. The Balaban J connectivity index is 1.55. The molecule has 0 saturated heterocycles. The van der Waals surface area contributed by atoms with E-state index < -0.39 is 5.97 Å². The quantitative estimate of drug-likeness (QED) is 0.587. The molecule has 170 valence electrons. The van der Waals surface area contributed by atoms with E-state index in [-0.39, 0.29) is 17.9 Å². The molecule has 0 unspecified atom stereocenters. The summed E-state index contributed by atoms with van der Waals surface area (Å²) in [4.78, 5) is 16.0. The number of hydrogen-bond acceptors (Lipinski definition) is 8. The number of rotatable bonds is 7. The summed E-state index contributed by atoms with van der Waals surface area (Å²) in [5, 5.41) is 29.8. The lowest BCUT2D eigenvalue weighted by atomic mass is 9.87. The van der Waals surface area contributed by atoms with E-state index in [2.05, 4.69) is 25.8 Å². The third-order valence-corrected chi connectivity index (χ3v) is 5.87. The molecule has 11 heteroatoms. The van der Waals surface area contributed by atoms with Crippen molar-refractivity contribution in [3.8, 4) is 17.1 Å². The Bertz CT molecular complexity index is 1110. The topological polar surface area (TPSA) is 134 Å². The second-order valence-corrected chi connectivity index (χ2v) is 8.58. The van der Waals surface area contributed by atoms with Crippen molar-refractivity contribution in [2.45, 2.75) is 65.0 Å². The lowest BCUT2D eigenvalue weighted by molar-refractivity contribution is -0.143. The van der Waals surface area contributed by atoms with Crippen LogP contribution in [0, 0.1) is 12.8 Å². The summed E-state index contributed by atoms with van der Waals surface area (Å²) in [6.45, 7) is 6.39. The summed E-state index contributed by atoms with van der Waals surface area (Å²) in [6.07, 6.45) is 2.82. The zero-order chi connectivity index (χ0) is 22.8. The Morgan fingerprint density at radius 2 is 2.06 bits per heavy atom. The van der Waals surface area contributed by atoms with Gasteiger partial charge in [-0.25, -0.2) is 14.3 Å². The summed E-state index contributed by atoms with van der Waals surface area (Å²) in [5.74, 6) is 0.550. The molecular weight excluding hydrogens is 412 g/mol. The summed E-state index contributed by atoms with van der Waals surface area (Å²) in [6, 6.07) is 3.73. The number of aryl methyl sites for hydroxylation is 2. The molecule has 0 spiro atoms. The monoisotopic (exact) mass is 440 g/mol. The highest BCUT2D eigenvalue weighted by molar-refractivity contribution is 5.70. The lowest BCUT2D eigenvalue weighted by Crippen LogP contribution is -2.29. The van der Waals surface area contributed by atoms with Crippen molar-refractivity contribution in [1.29, 1.82) is 0 Å². The maximum absolute atomic E-state index is 11.3.